The molecule has 1 N–H and O–H groups in total. The minimum Gasteiger partial charge on any atom is -0.322 e. The van der Waals surface area contributed by atoms with Gasteiger partial charge >= 0.3 is 6.03 Å². The summed E-state index contributed by atoms with van der Waals surface area (Å²) in [6.45, 7) is 5.11. The average Bonchev–Trinajstić information content (AvgIpc) is 2.65. The van der Waals surface area contributed by atoms with E-state index in [2.05, 4.69) is 10.2 Å². The number of carbonyl (C=O) groups is 2. The molecule has 2 amide bonds. The van der Waals surface area contributed by atoms with Gasteiger partial charge in [-0.1, -0.05) is 41.4 Å². The van der Waals surface area contributed by atoms with E-state index in [0.29, 0.717) is 34.4 Å². The van der Waals surface area contributed by atoms with Crippen molar-refractivity contribution in [2.45, 2.75) is 13.5 Å². The summed E-state index contributed by atoms with van der Waals surface area (Å²) in [7, 11) is 0. The summed E-state index contributed by atoms with van der Waals surface area (Å²) < 4.78 is 0. The van der Waals surface area contributed by atoms with Gasteiger partial charge in [-0.3, -0.25) is 9.69 Å². The van der Waals surface area contributed by atoms with Gasteiger partial charge in [0.2, 0.25) is 0 Å². The van der Waals surface area contributed by atoms with Crippen molar-refractivity contribution in [1.82, 2.24) is 9.80 Å². The number of piperazine rings is 1. The maximum atomic E-state index is 12.5. The third-order valence-electron chi connectivity index (χ3n) is 4.57. The van der Waals surface area contributed by atoms with E-state index in [-0.39, 0.29) is 11.8 Å². The Morgan fingerprint density at radius 3 is 2.41 bits per heavy atom. The van der Waals surface area contributed by atoms with E-state index in [1.807, 2.05) is 12.1 Å². The third-order valence-corrected chi connectivity index (χ3v) is 5.31. The minimum atomic E-state index is -0.148. The molecule has 0 aliphatic carbocycles. The molecule has 0 saturated carbocycles. The van der Waals surface area contributed by atoms with E-state index in [1.165, 1.54) is 6.92 Å². The quantitative estimate of drug-likeness (QED) is 0.759. The molecule has 2 aromatic rings. The van der Waals surface area contributed by atoms with E-state index in [1.54, 1.807) is 35.2 Å². The molecule has 0 unspecified atom stereocenters. The number of nitrogens with one attached hydrogen (secondary N) is 1. The molecular weight excluding hydrogens is 385 g/mol. The van der Waals surface area contributed by atoms with Crippen LogP contribution in [0.5, 0.6) is 0 Å². The fourth-order valence-corrected chi connectivity index (χ4v) is 3.34. The van der Waals surface area contributed by atoms with Crippen LogP contribution < -0.4 is 5.32 Å². The second-order valence-electron chi connectivity index (χ2n) is 6.58. The first-order valence-electron chi connectivity index (χ1n) is 8.75. The zero-order valence-electron chi connectivity index (χ0n) is 15.0. The summed E-state index contributed by atoms with van der Waals surface area (Å²) in [6, 6.07) is 12.5. The van der Waals surface area contributed by atoms with Gasteiger partial charge in [-0.15, -0.1) is 0 Å². The highest BCUT2D eigenvalue weighted by atomic mass is 35.5. The van der Waals surface area contributed by atoms with Crippen LogP contribution >= 0.6 is 23.2 Å². The number of nitrogens with zero attached hydrogens (tertiary/aromatic N) is 2. The van der Waals surface area contributed by atoms with Crippen molar-refractivity contribution in [3.63, 3.8) is 0 Å². The number of Topliss-reactive ketones (excluding diaryl/α,β-unsaturated/α-hetero) is 1. The van der Waals surface area contributed by atoms with Gasteiger partial charge in [0.05, 0.1) is 10.0 Å². The van der Waals surface area contributed by atoms with Gasteiger partial charge in [0.25, 0.3) is 0 Å². The molecule has 2 aromatic carbocycles. The van der Waals surface area contributed by atoms with Gasteiger partial charge in [-0.25, -0.2) is 4.79 Å². The molecule has 3 rings (SSSR count). The summed E-state index contributed by atoms with van der Waals surface area (Å²) in [5.41, 5.74) is 2.31. The summed E-state index contributed by atoms with van der Waals surface area (Å²) >= 11 is 12.0. The SMILES string of the molecule is CC(=O)c1cccc(NC(=O)N2CCN(Cc3ccc(Cl)c(Cl)c3)CC2)c1. The molecule has 5 nitrogen and oxygen atoms in total. The normalized spacial score (nSPS) is 14.9. The monoisotopic (exact) mass is 405 g/mol. The van der Waals surface area contributed by atoms with Crippen molar-refractivity contribution in [3.8, 4) is 0 Å². The Labute approximate surface area is 168 Å². The van der Waals surface area contributed by atoms with E-state index >= 15 is 0 Å². The highest BCUT2D eigenvalue weighted by Crippen LogP contribution is 2.23. The topological polar surface area (TPSA) is 52.7 Å². The third kappa shape index (κ3) is 5.22. The predicted molar refractivity (Wildman–Crippen MR) is 109 cm³/mol. The lowest BCUT2D eigenvalue weighted by atomic mass is 10.1. The molecule has 1 heterocycles. The molecular formula is C20H21Cl2N3O2. The van der Waals surface area contributed by atoms with Crippen molar-refractivity contribution in [2.24, 2.45) is 0 Å². The lowest BCUT2D eigenvalue weighted by Crippen LogP contribution is -2.49. The second kappa shape index (κ2) is 8.74. The number of carbonyl (C=O) groups excluding carboxylic acids is 2. The number of urea groups is 1. The molecule has 0 atom stereocenters. The Hall–Kier alpha value is -2.08. The van der Waals surface area contributed by atoms with Crippen molar-refractivity contribution in [1.29, 1.82) is 0 Å². The van der Waals surface area contributed by atoms with E-state index in [9.17, 15) is 9.59 Å². The first-order chi connectivity index (χ1) is 12.9. The van der Waals surface area contributed by atoms with Gasteiger partial charge in [0.15, 0.2) is 5.78 Å². The van der Waals surface area contributed by atoms with Gasteiger partial charge < -0.3 is 10.2 Å². The lowest BCUT2D eigenvalue weighted by Gasteiger charge is -2.34. The van der Waals surface area contributed by atoms with Gasteiger partial charge in [0, 0.05) is 44.0 Å². The van der Waals surface area contributed by atoms with E-state index in [0.717, 1.165) is 25.2 Å². The van der Waals surface area contributed by atoms with Crippen LogP contribution in [0.4, 0.5) is 10.5 Å². The number of hydrogen-bond donors (Lipinski definition) is 1. The Kier molecular flexibility index (Phi) is 6.37. The fraction of sp³-hybridized carbons (Fsp3) is 0.300. The number of halogens is 2. The molecule has 1 aliphatic rings. The number of hydrogen-bond acceptors (Lipinski definition) is 3. The molecule has 1 aliphatic heterocycles. The van der Waals surface area contributed by atoms with Crippen LogP contribution in [-0.2, 0) is 6.54 Å². The van der Waals surface area contributed by atoms with Gasteiger partial charge in [-0.05, 0) is 36.8 Å². The fourth-order valence-electron chi connectivity index (χ4n) is 3.02. The van der Waals surface area contributed by atoms with Gasteiger partial charge in [0.1, 0.15) is 0 Å². The lowest BCUT2D eigenvalue weighted by molar-refractivity contribution is 0.101. The van der Waals surface area contributed by atoms with Crippen LogP contribution in [0.2, 0.25) is 10.0 Å². The average molecular weight is 406 g/mol. The second-order valence-corrected chi connectivity index (χ2v) is 7.39. The van der Waals surface area contributed by atoms with Crippen molar-refractivity contribution >= 4 is 40.7 Å². The van der Waals surface area contributed by atoms with Crippen LogP contribution in [-0.4, -0.2) is 47.8 Å². The molecule has 0 bridgehead atoms. The van der Waals surface area contributed by atoms with Crippen LogP contribution in [0.1, 0.15) is 22.8 Å². The smallest absolute Gasteiger partial charge is 0.321 e. The van der Waals surface area contributed by atoms with Crippen molar-refractivity contribution < 1.29 is 9.59 Å². The van der Waals surface area contributed by atoms with Crippen LogP contribution in [0.15, 0.2) is 42.5 Å². The largest absolute Gasteiger partial charge is 0.322 e. The number of anilines is 1. The predicted octanol–water partition coefficient (Wildman–Crippen LogP) is 4.55. The highest BCUT2D eigenvalue weighted by Gasteiger charge is 2.21. The van der Waals surface area contributed by atoms with Crippen LogP contribution in [0.3, 0.4) is 0 Å². The maximum absolute atomic E-state index is 12.5. The number of rotatable bonds is 4. The highest BCUT2D eigenvalue weighted by molar-refractivity contribution is 6.42. The van der Waals surface area contributed by atoms with Gasteiger partial charge in [-0.2, -0.15) is 0 Å². The molecule has 27 heavy (non-hydrogen) atoms. The summed E-state index contributed by atoms with van der Waals surface area (Å²) in [6.07, 6.45) is 0. The molecule has 0 radical (unpaired) electrons. The number of benzene rings is 2. The molecule has 7 heteroatoms. The first-order valence-corrected chi connectivity index (χ1v) is 9.51. The van der Waals surface area contributed by atoms with E-state index < -0.39 is 0 Å². The van der Waals surface area contributed by atoms with Crippen LogP contribution in [0.25, 0.3) is 0 Å². The zero-order chi connectivity index (χ0) is 19.4. The van der Waals surface area contributed by atoms with Crippen molar-refractivity contribution in [2.75, 3.05) is 31.5 Å². The summed E-state index contributed by atoms with van der Waals surface area (Å²) in [5, 5.41) is 3.98. The molecule has 142 valence electrons. The molecule has 1 fully saturated rings. The Morgan fingerprint density at radius 2 is 1.74 bits per heavy atom. The first kappa shape index (κ1) is 19.7. The zero-order valence-corrected chi connectivity index (χ0v) is 16.6. The molecule has 1 saturated heterocycles. The van der Waals surface area contributed by atoms with E-state index in [4.69, 9.17) is 23.2 Å². The molecule has 0 spiro atoms. The maximum Gasteiger partial charge on any atom is 0.321 e. The Balaban J connectivity index is 1.52. The number of ketones is 1. The summed E-state index contributed by atoms with van der Waals surface area (Å²) in [4.78, 5) is 28.0. The Morgan fingerprint density at radius 1 is 1.00 bits per heavy atom. The van der Waals surface area contributed by atoms with Crippen molar-refractivity contribution in [3.05, 3.63) is 63.6 Å². The molecule has 0 aromatic heterocycles. The minimum absolute atomic E-state index is 0.0259. The Bertz CT molecular complexity index is 849. The van der Waals surface area contributed by atoms with Crippen LogP contribution in [0, 0.1) is 0 Å². The summed E-state index contributed by atoms with van der Waals surface area (Å²) in [5.74, 6) is -0.0259. The standard InChI is InChI=1S/C20H21Cl2N3O2/c1-14(26)16-3-2-4-17(12-16)23-20(27)25-9-7-24(8-10-25)13-15-5-6-18(21)19(22)11-15/h2-6,11-12H,7-10,13H2,1H3,(H,23,27). The number of amides is 2.